The van der Waals surface area contributed by atoms with E-state index in [1.807, 2.05) is 56.5 Å². The molecular formula is C26H27N5O4S. The lowest BCUT2D eigenvalue weighted by molar-refractivity contribution is -0.155. The van der Waals surface area contributed by atoms with Crippen LogP contribution in [0.5, 0.6) is 0 Å². The Labute approximate surface area is 211 Å². The van der Waals surface area contributed by atoms with Gasteiger partial charge in [-0.15, -0.1) is 21.5 Å². The fourth-order valence-corrected chi connectivity index (χ4v) is 5.50. The molecule has 0 fully saturated rings. The Morgan fingerprint density at radius 2 is 1.83 bits per heavy atom. The zero-order valence-corrected chi connectivity index (χ0v) is 21.8. The minimum Gasteiger partial charge on any atom is -0.460 e. The van der Waals surface area contributed by atoms with Crippen LogP contribution in [0.2, 0.25) is 0 Å². The van der Waals surface area contributed by atoms with Crippen LogP contribution in [-0.2, 0) is 9.53 Å². The molecule has 0 saturated heterocycles. The van der Waals surface area contributed by atoms with E-state index in [0.29, 0.717) is 11.6 Å². The maximum atomic E-state index is 12.8. The molecule has 0 radical (unpaired) electrons. The molecule has 36 heavy (non-hydrogen) atoms. The standard InChI is InChI=1S/C26H27N5O4S/c1-13-14(2)36-25-22(13)23(17-9-7-16(8-10-17)19-12-20(32)30-35-19)27-18(11-21(33)34-26(4,5)6)24-29-28-15(3)31(24)25/h7-10,12,18H,11H2,1-6H3,(H,30,32)/t18-/m0/s1. The van der Waals surface area contributed by atoms with Crippen molar-refractivity contribution < 1.29 is 14.1 Å². The van der Waals surface area contributed by atoms with Gasteiger partial charge in [0.05, 0.1) is 18.2 Å². The molecule has 5 rings (SSSR count). The first kappa shape index (κ1) is 23.9. The number of thiophene rings is 1. The highest BCUT2D eigenvalue weighted by molar-refractivity contribution is 7.15. The summed E-state index contributed by atoms with van der Waals surface area (Å²) in [5.74, 6) is 1.46. The second kappa shape index (κ2) is 8.70. The Kier molecular flexibility index (Phi) is 5.78. The Morgan fingerprint density at radius 1 is 1.14 bits per heavy atom. The Balaban J connectivity index is 1.65. The zero-order chi connectivity index (χ0) is 25.8. The van der Waals surface area contributed by atoms with Gasteiger partial charge in [0, 0.05) is 21.6 Å². The van der Waals surface area contributed by atoms with Crippen LogP contribution in [0.25, 0.3) is 16.3 Å². The third kappa shape index (κ3) is 4.32. The molecule has 1 aromatic carbocycles. The van der Waals surface area contributed by atoms with E-state index in [2.05, 4.69) is 29.2 Å². The average molecular weight is 506 g/mol. The Hall–Kier alpha value is -3.79. The first-order valence-electron chi connectivity index (χ1n) is 11.6. The van der Waals surface area contributed by atoms with Gasteiger partial charge >= 0.3 is 5.97 Å². The van der Waals surface area contributed by atoms with Gasteiger partial charge in [0.2, 0.25) is 0 Å². The fraction of sp³-hybridized carbons (Fsp3) is 0.346. The maximum absolute atomic E-state index is 12.8. The van der Waals surface area contributed by atoms with Crippen molar-refractivity contribution in [2.24, 2.45) is 4.99 Å². The third-order valence-electron chi connectivity index (χ3n) is 5.99. The van der Waals surface area contributed by atoms with Crippen molar-refractivity contribution in [3.05, 3.63) is 73.9 Å². The number of ether oxygens (including phenoxy) is 1. The van der Waals surface area contributed by atoms with Gasteiger partial charge in [0.25, 0.3) is 5.56 Å². The highest BCUT2D eigenvalue weighted by Crippen LogP contribution is 2.39. The van der Waals surface area contributed by atoms with Crippen LogP contribution in [0, 0.1) is 20.8 Å². The predicted octanol–water partition coefficient (Wildman–Crippen LogP) is 4.83. The molecule has 0 saturated carbocycles. The van der Waals surface area contributed by atoms with E-state index in [1.165, 1.54) is 10.9 Å². The van der Waals surface area contributed by atoms with Gasteiger partial charge in [-0.25, -0.2) is 0 Å². The van der Waals surface area contributed by atoms with Crippen molar-refractivity contribution in [2.45, 2.75) is 59.6 Å². The van der Waals surface area contributed by atoms with E-state index >= 15 is 0 Å². The lowest BCUT2D eigenvalue weighted by Crippen LogP contribution is -2.25. The van der Waals surface area contributed by atoms with Gasteiger partial charge in [-0.2, -0.15) is 5.16 Å². The summed E-state index contributed by atoms with van der Waals surface area (Å²) in [6, 6.07) is 8.50. The monoisotopic (exact) mass is 505 g/mol. The minimum atomic E-state index is -0.604. The number of aryl methyl sites for hydroxylation is 2. The Bertz CT molecular complexity index is 1550. The number of H-pyrrole nitrogens is 1. The molecule has 4 aromatic rings. The van der Waals surface area contributed by atoms with E-state index in [0.717, 1.165) is 38.8 Å². The number of aliphatic imine (C=N–C) groups is 1. The molecule has 0 amide bonds. The van der Waals surface area contributed by atoms with E-state index in [-0.39, 0.29) is 17.9 Å². The topological polar surface area (TPSA) is 115 Å². The van der Waals surface area contributed by atoms with Gasteiger partial charge in [0.15, 0.2) is 11.6 Å². The molecule has 0 bridgehead atoms. The number of hydrogen-bond donors (Lipinski definition) is 1. The summed E-state index contributed by atoms with van der Waals surface area (Å²) < 4.78 is 12.9. The number of nitrogens with zero attached hydrogens (tertiary/aromatic N) is 4. The van der Waals surface area contributed by atoms with Crippen molar-refractivity contribution >= 4 is 23.0 Å². The summed E-state index contributed by atoms with van der Waals surface area (Å²) in [6.45, 7) is 11.6. The summed E-state index contributed by atoms with van der Waals surface area (Å²) in [4.78, 5) is 30.6. The molecule has 0 aliphatic carbocycles. The van der Waals surface area contributed by atoms with Crippen LogP contribution >= 0.6 is 11.3 Å². The third-order valence-corrected chi connectivity index (χ3v) is 7.18. The number of carbonyl (C=O) groups excluding carboxylic acids is 1. The number of fused-ring (bicyclic) bond motifs is 3. The molecule has 1 N–H and O–H groups in total. The molecule has 10 heteroatoms. The smallest absolute Gasteiger partial charge is 0.308 e. The van der Waals surface area contributed by atoms with Crippen molar-refractivity contribution in [1.29, 1.82) is 0 Å². The van der Waals surface area contributed by atoms with Crippen LogP contribution in [0.1, 0.15) is 66.5 Å². The van der Waals surface area contributed by atoms with E-state index in [4.69, 9.17) is 14.3 Å². The van der Waals surface area contributed by atoms with Crippen LogP contribution in [0.4, 0.5) is 0 Å². The first-order valence-corrected chi connectivity index (χ1v) is 12.4. The summed E-state index contributed by atoms with van der Waals surface area (Å²) in [6.07, 6.45) is 0.0401. The highest BCUT2D eigenvalue weighted by Gasteiger charge is 2.33. The van der Waals surface area contributed by atoms with E-state index < -0.39 is 11.6 Å². The molecule has 1 aliphatic heterocycles. The van der Waals surface area contributed by atoms with Crippen molar-refractivity contribution in [2.75, 3.05) is 0 Å². The number of esters is 1. The quantitative estimate of drug-likeness (QED) is 0.397. The Morgan fingerprint density at radius 3 is 2.47 bits per heavy atom. The van der Waals surface area contributed by atoms with Gasteiger partial charge in [-0.3, -0.25) is 19.1 Å². The largest absolute Gasteiger partial charge is 0.460 e. The number of carbonyl (C=O) groups is 1. The van der Waals surface area contributed by atoms with Gasteiger partial charge in [0.1, 0.15) is 22.5 Å². The molecule has 186 valence electrons. The number of rotatable bonds is 4. The predicted molar refractivity (Wildman–Crippen MR) is 137 cm³/mol. The highest BCUT2D eigenvalue weighted by atomic mass is 32.1. The normalized spacial score (nSPS) is 15.2. The number of benzene rings is 1. The van der Waals surface area contributed by atoms with Gasteiger partial charge < -0.3 is 9.26 Å². The van der Waals surface area contributed by atoms with Crippen molar-refractivity contribution in [3.8, 4) is 16.3 Å². The van der Waals surface area contributed by atoms with Crippen LogP contribution in [0.3, 0.4) is 0 Å². The average Bonchev–Trinajstić information content (AvgIpc) is 3.45. The zero-order valence-electron chi connectivity index (χ0n) is 21.0. The minimum absolute atomic E-state index is 0.0401. The molecule has 0 spiro atoms. The van der Waals surface area contributed by atoms with Crippen LogP contribution in [0.15, 0.2) is 44.6 Å². The molecule has 4 heterocycles. The number of hydrogen-bond acceptors (Lipinski definition) is 8. The molecule has 3 aromatic heterocycles. The molecule has 0 unspecified atom stereocenters. The van der Waals surface area contributed by atoms with Gasteiger partial charge in [-0.1, -0.05) is 24.3 Å². The molecule has 1 aliphatic rings. The van der Waals surface area contributed by atoms with Crippen molar-refractivity contribution in [3.63, 3.8) is 0 Å². The summed E-state index contributed by atoms with van der Waals surface area (Å²) in [5.41, 5.74) is 3.63. The lowest BCUT2D eigenvalue weighted by atomic mass is 9.98. The van der Waals surface area contributed by atoms with E-state index in [9.17, 15) is 9.59 Å². The van der Waals surface area contributed by atoms with Crippen LogP contribution in [-0.4, -0.2) is 37.2 Å². The molecule has 1 atom stereocenters. The van der Waals surface area contributed by atoms with Crippen LogP contribution < -0.4 is 5.56 Å². The van der Waals surface area contributed by atoms with E-state index in [1.54, 1.807) is 11.3 Å². The number of aromatic amines is 1. The summed E-state index contributed by atoms with van der Waals surface area (Å²) in [7, 11) is 0. The number of aromatic nitrogens is 4. The number of nitrogens with one attached hydrogen (secondary N) is 1. The first-order chi connectivity index (χ1) is 17.0. The maximum Gasteiger partial charge on any atom is 0.308 e. The molecular weight excluding hydrogens is 478 g/mol. The summed E-state index contributed by atoms with van der Waals surface area (Å²) >= 11 is 1.66. The lowest BCUT2D eigenvalue weighted by Gasteiger charge is -2.21. The second-order valence-corrected chi connectivity index (χ2v) is 11.0. The molecule has 9 nitrogen and oxygen atoms in total. The fourth-order valence-electron chi connectivity index (χ4n) is 4.28. The van der Waals surface area contributed by atoms with Crippen molar-refractivity contribution in [1.82, 2.24) is 19.9 Å². The second-order valence-electron chi connectivity index (χ2n) is 9.84. The SMILES string of the molecule is Cc1sc2c(c1C)C(c1ccc(-c3cc(=O)[nH]o3)cc1)=N[C@@H](CC(=O)OC(C)(C)C)c1nnc(C)n1-2. The summed E-state index contributed by atoms with van der Waals surface area (Å²) in [5, 5.41) is 12.0. The van der Waals surface area contributed by atoms with Gasteiger partial charge in [-0.05, 0) is 47.1 Å².